The van der Waals surface area contributed by atoms with Crippen molar-refractivity contribution in [2.24, 2.45) is 0 Å². The summed E-state index contributed by atoms with van der Waals surface area (Å²) in [6, 6.07) is 4.72. The van der Waals surface area contributed by atoms with Crippen molar-refractivity contribution in [1.29, 1.82) is 0 Å². The fourth-order valence-electron chi connectivity index (χ4n) is 2.13. The molecule has 0 aromatic heterocycles. The topological polar surface area (TPSA) is 30.5 Å². The summed E-state index contributed by atoms with van der Waals surface area (Å²) >= 11 is 0. The van der Waals surface area contributed by atoms with Crippen LogP contribution in [-0.2, 0) is 13.0 Å². The highest BCUT2D eigenvalue weighted by Gasteiger charge is 2.24. The zero-order valence-electron chi connectivity index (χ0n) is 8.17. The second-order valence-corrected chi connectivity index (χ2v) is 3.92. The lowest BCUT2D eigenvalue weighted by molar-refractivity contribution is 0.173. The molecule has 2 aliphatic rings. The van der Waals surface area contributed by atoms with Crippen molar-refractivity contribution in [3.8, 4) is 11.5 Å². The standard InChI is InChI=1S/C11H13NO2/c1-7-4-8-2-3-10-11(14-6-13-10)9(8)5-12-7/h2-3,7,12H,4-6H2,1H3. The van der Waals surface area contributed by atoms with Gasteiger partial charge in [0.15, 0.2) is 11.5 Å². The second kappa shape index (κ2) is 2.89. The molecule has 0 saturated heterocycles. The molecule has 3 heteroatoms. The third-order valence-electron chi connectivity index (χ3n) is 2.89. The monoisotopic (exact) mass is 191 g/mol. The van der Waals surface area contributed by atoms with Crippen molar-refractivity contribution >= 4 is 0 Å². The third-order valence-corrected chi connectivity index (χ3v) is 2.89. The van der Waals surface area contributed by atoms with E-state index >= 15 is 0 Å². The molecule has 0 fully saturated rings. The average Bonchev–Trinajstić information content (AvgIpc) is 2.65. The molecule has 0 bridgehead atoms. The Bertz CT molecular complexity index is 376. The van der Waals surface area contributed by atoms with Crippen molar-refractivity contribution in [2.75, 3.05) is 6.79 Å². The maximum absolute atomic E-state index is 5.47. The van der Waals surface area contributed by atoms with Gasteiger partial charge in [0.25, 0.3) is 0 Å². The molecular weight excluding hydrogens is 178 g/mol. The summed E-state index contributed by atoms with van der Waals surface area (Å²) in [7, 11) is 0. The number of fused-ring (bicyclic) bond motifs is 3. The highest BCUT2D eigenvalue weighted by atomic mass is 16.7. The molecule has 3 rings (SSSR count). The van der Waals surface area contributed by atoms with E-state index < -0.39 is 0 Å². The van der Waals surface area contributed by atoms with Gasteiger partial charge >= 0.3 is 0 Å². The molecule has 2 heterocycles. The van der Waals surface area contributed by atoms with Gasteiger partial charge in [-0.25, -0.2) is 0 Å². The molecule has 74 valence electrons. The minimum atomic E-state index is 0.362. The molecule has 1 aromatic carbocycles. The maximum Gasteiger partial charge on any atom is 0.231 e. The summed E-state index contributed by atoms with van der Waals surface area (Å²) in [5, 5.41) is 3.43. The number of nitrogens with one attached hydrogen (secondary N) is 1. The van der Waals surface area contributed by atoms with Crippen LogP contribution in [0.1, 0.15) is 18.1 Å². The third kappa shape index (κ3) is 1.09. The van der Waals surface area contributed by atoms with Crippen LogP contribution in [0.4, 0.5) is 0 Å². The van der Waals surface area contributed by atoms with Gasteiger partial charge in [0.2, 0.25) is 6.79 Å². The normalized spacial score (nSPS) is 23.4. The van der Waals surface area contributed by atoms with Gasteiger partial charge in [0.05, 0.1) is 0 Å². The highest BCUT2D eigenvalue weighted by molar-refractivity contribution is 5.53. The van der Waals surface area contributed by atoms with Gasteiger partial charge in [0, 0.05) is 18.2 Å². The first kappa shape index (κ1) is 8.12. The Kier molecular flexibility index (Phi) is 1.67. The van der Waals surface area contributed by atoms with E-state index in [4.69, 9.17) is 9.47 Å². The second-order valence-electron chi connectivity index (χ2n) is 3.92. The van der Waals surface area contributed by atoms with E-state index in [1.807, 2.05) is 6.07 Å². The fourth-order valence-corrected chi connectivity index (χ4v) is 2.13. The van der Waals surface area contributed by atoms with E-state index in [1.165, 1.54) is 11.1 Å². The predicted octanol–water partition coefficient (Wildman–Crippen LogP) is 1.45. The molecule has 14 heavy (non-hydrogen) atoms. The molecule has 1 aromatic rings. The summed E-state index contributed by atoms with van der Waals surface area (Å²) in [5.74, 6) is 1.84. The van der Waals surface area contributed by atoms with Crippen molar-refractivity contribution in [1.82, 2.24) is 5.32 Å². The molecule has 1 N–H and O–H groups in total. The SMILES string of the molecule is CC1Cc2ccc3c(c2CN1)OCO3. The summed E-state index contributed by atoms with van der Waals surface area (Å²) in [4.78, 5) is 0. The summed E-state index contributed by atoms with van der Waals surface area (Å²) in [6.45, 7) is 3.46. The number of rotatable bonds is 0. The Labute approximate surface area is 83.0 Å². The van der Waals surface area contributed by atoms with Crippen LogP contribution in [0, 0.1) is 0 Å². The quantitative estimate of drug-likeness (QED) is 0.673. The van der Waals surface area contributed by atoms with Gasteiger partial charge in [-0.15, -0.1) is 0 Å². The molecule has 1 atom stereocenters. The molecular formula is C11H13NO2. The van der Waals surface area contributed by atoms with E-state index in [9.17, 15) is 0 Å². The van der Waals surface area contributed by atoms with Crippen molar-refractivity contribution < 1.29 is 9.47 Å². The average molecular weight is 191 g/mol. The molecule has 0 spiro atoms. The van der Waals surface area contributed by atoms with Crippen LogP contribution < -0.4 is 14.8 Å². The van der Waals surface area contributed by atoms with Gasteiger partial charge < -0.3 is 14.8 Å². The lowest BCUT2D eigenvalue weighted by Gasteiger charge is -2.23. The van der Waals surface area contributed by atoms with Crippen LogP contribution in [0.5, 0.6) is 11.5 Å². The van der Waals surface area contributed by atoms with Crippen molar-refractivity contribution in [2.45, 2.75) is 25.9 Å². The first-order valence-corrected chi connectivity index (χ1v) is 4.98. The van der Waals surface area contributed by atoms with Crippen molar-refractivity contribution in [3.63, 3.8) is 0 Å². The van der Waals surface area contributed by atoms with Crippen LogP contribution in [0.2, 0.25) is 0 Å². The molecule has 0 radical (unpaired) electrons. The number of benzene rings is 1. The van der Waals surface area contributed by atoms with Gasteiger partial charge in [-0.05, 0) is 25.0 Å². The summed E-state index contributed by atoms with van der Waals surface area (Å²) in [6.07, 6.45) is 1.08. The highest BCUT2D eigenvalue weighted by Crippen LogP contribution is 2.38. The zero-order valence-corrected chi connectivity index (χ0v) is 8.17. The van der Waals surface area contributed by atoms with E-state index in [1.54, 1.807) is 0 Å². The first-order chi connectivity index (χ1) is 6.84. The first-order valence-electron chi connectivity index (χ1n) is 4.98. The van der Waals surface area contributed by atoms with Crippen LogP contribution in [-0.4, -0.2) is 12.8 Å². The Morgan fingerprint density at radius 3 is 3.21 bits per heavy atom. The fraction of sp³-hybridized carbons (Fsp3) is 0.455. The lowest BCUT2D eigenvalue weighted by Crippen LogP contribution is -2.32. The minimum absolute atomic E-state index is 0.362. The predicted molar refractivity (Wildman–Crippen MR) is 52.6 cm³/mol. The summed E-state index contributed by atoms with van der Waals surface area (Å²) < 4.78 is 10.8. The van der Waals surface area contributed by atoms with Crippen LogP contribution in [0.25, 0.3) is 0 Å². The van der Waals surface area contributed by atoms with E-state index in [0.29, 0.717) is 12.8 Å². The summed E-state index contributed by atoms with van der Waals surface area (Å²) in [5.41, 5.74) is 2.67. The Hall–Kier alpha value is -1.22. The zero-order chi connectivity index (χ0) is 9.54. The van der Waals surface area contributed by atoms with Gasteiger partial charge in [0.1, 0.15) is 0 Å². The van der Waals surface area contributed by atoms with Crippen molar-refractivity contribution in [3.05, 3.63) is 23.3 Å². The number of ether oxygens (including phenoxy) is 2. The van der Waals surface area contributed by atoms with Crippen LogP contribution >= 0.6 is 0 Å². The largest absolute Gasteiger partial charge is 0.454 e. The molecule has 0 aliphatic carbocycles. The smallest absolute Gasteiger partial charge is 0.231 e. The number of hydrogen-bond acceptors (Lipinski definition) is 3. The minimum Gasteiger partial charge on any atom is -0.454 e. The van der Waals surface area contributed by atoms with E-state index in [0.717, 1.165) is 24.5 Å². The number of hydrogen-bond donors (Lipinski definition) is 1. The molecule has 0 amide bonds. The Balaban J connectivity index is 2.10. The molecule has 0 saturated carbocycles. The lowest BCUT2D eigenvalue weighted by atomic mass is 9.95. The van der Waals surface area contributed by atoms with E-state index in [-0.39, 0.29) is 0 Å². The maximum atomic E-state index is 5.47. The van der Waals surface area contributed by atoms with Gasteiger partial charge in [-0.3, -0.25) is 0 Å². The van der Waals surface area contributed by atoms with Crippen LogP contribution in [0.15, 0.2) is 12.1 Å². The van der Waals surface area contributed by atoms with E-state index in [2.05, 4.69) is 18.3 Å². The molecule has 2 aliphatic heterocycles. The van der Waals surface area contributed by atoms with Gasteiger partial charge in [-0.1, -0.05) is 6.07 Å². The molecule has 3 nitrogen and oxygen atoms in total. The van der Waals surface area contributed by atoms with Gasteiger partial charge in [-0.2, -0.15) is 0 Å². The Morgan fingerprint density at radius 1 is 1.36 bits per heavy atom. The Morgan fingerprint density at radius 2 is 2.29 bits per heavy atom. The van der Waals surface area contributed by atoms with Crippen LogP contribution in [0.3, 0.4) is 0 Å². The molecule has 1 unspecified atom stereocenters.